The summed E-state index contributed by atoms with van der Waals surface area (Å²) in [4.78, 5) is 27.9. The van der Waals surface area contributed by atoms with Crippen LogP contribution in [0.4, 0.5) is 14.5 Å². The van der Waals surface area contributed by atoms with Gasteiger partial charge in [-0.3, -0.25) is 14.6 Å². The van der Waals surface area contributed by atoms with Gasteiger partial charge in [-0.05, 0) is 24.3 Å². The van der Waals surface area contributed by atoms with Crippen molar-refractivity contribution in [2.24, 2.45) is 0 Å². The summed E-state index contributed by atoms with van der Waals surface area (Å²) in [6.45, 7) is 0.689. The SMILES string of the molecule is COCCNC(=O)c1ccnc(C(=O)Nc2ccc(F)c(F)c2)c1. The van der Waals surface area contributed by atoms with Crippen LogP contribution < -0.4 is 10.6 Å². The maximum atomic E-state index is 13.1. The Morgan fingerprint density at radius 3 is 2.62 bits per heavy atom. The van der Waals surface area contributed by atoms with Crippen molar-refractivity contribution in [1.29, 1.82) is 0 Å². The third-order valence-electron chi connectivity index (χ3n) is 3.02. The zero-order chi connectivity index (χ0) is 17.5. The molecular weight excluding hydrogens is 320 g/mol. The molecule has 0 saturated heterocycles. The Bertz CT molecular complexity index is 753. The molecule has 8 heteroatoms. The van der Waals surface area contributed by atoms with E-state index in [0.717, 1.165) is 12.1 Å². The van der Waals surface area contributed by atoms with E-state index in [1.54, 1.807) is 0 Å². The molecule has 126 valence electrons. The molecule has 0 aliphatic heterocycles. The van der Waals surface area contributed by atoms with Gasteiger partial charge in [-0.25, -0.2) is 8.78 Å². The van der Waals surface area contributed by atoms with Crippen LogP contribution in [-0.2, 0) is 4.74 Å². The van der Waals surface area contributed by atoms with Gasteiger partial charge in [0.25, 0.3) is 11.8 Å². The molecule has 24 heavy (non-hydrogen) atoms. The lowest BCUT2D eigenvalue weighted by Gasteiger charge is -2.07. The number of nitrogens with zero attached hydrogens (tertiary/aromatic N) is 1. The van der Waals surface area contributed by atoms with Crippen LogP contribution in [0.1, 0.15) is 20.8 Å². The molecule has 2 rings (SSSR count). The minimum Gasteiger partial charge on any atom is -0.383 e. The first-order valence-corrected chi connectivity index (χ1v) is 7.01. The highest BCUT2D eigenvalue weighted by atomic mass is 19.2. The van der Waals surface area contributed by atoms with Gasteiger partial charge in [0.05, 0.1) is 6.61 Å². The van der Waals surface area contributed by atoms with E-state index in [-0.39, 0.29) is 22.9 Å². The largest absolute Gasteiger partial charge is 0.383 e. The Balaban J connectivity index is 2.08. The van der Waals surface area contributed by atoms with Crippen LogP contribution in [0, 0.1) is 11.6 Å². The standard InChI is InChI=1S/C16H15F2N3O3/c1-24-7-6-20-15(22)10-4-5-19-14(8-10)16(23)21-11-2-3-12(17)13(18)9-11/h2-5,8-9H,6-7H2,1H3,(H,20,22)(H,21,23). The predicted molar refractivity (Wildman–Crippen MR) is 82.8 cm³/mol. The molecular formula is C16H15F2N3O3. The zero-order valence-corrected chi connectivity index (χ0v) is 12.8. The van der Waals surface area contributed by atoms with E-state index >= 15 is 0 Å². The number of halogens is 2. The van der Waals surface area contributed by atoms with Crippen molar-refractivity contribution >= 4 is 17.5 Å². The lowest BCUT2D eigenvalue weighted by Crippen LogP contribution is -2.27. The Labute approximate surface area is 136 Å². The molecule has 0 saturated carbocycles. The van der Waals surface area contributed by atoms with Crippen LogP contribution in [-0.4, -0.2) is 37.1 Å². The van der Waals surface area contributed by atoms with Crippen molar-refractivity contribution in [3.05, 3.63) is 59.4 Å². The molecule has 0 radical (unpaired) electrons. The number of pyridine rings is 1. The van der Waals surface area contributed by atoms with Crippen molar-refractivity contribution in [2.75, 3.05) is 25.6 Å². The number of carbonyl (C=O) groups is 2. The minimum atomic E-state index is -1.08. The van der Waals surface area contributed by atoms with Crippen LogP contribution in [0.3, 0.4) is 0 Å². The van der Waals surface area contributed by atoms with E-state index in [2.05, 4.69) is 15.6 Å². The zero-order valence-electron chi connectivity index (χ0n) is 12.8. The fourth-order valence-corrected chi connectivity index (χ4v) is 1.83. The second-order valence-corrected chi connectivity index (χ2v) is 4.76. The normalized spacial score (nSPS) is 10.3. The fourth-order valence-electron chi connectivity index (χ4n) is 1.83. The lowest BCUT2D eigenvalue weighted by molar-refractivity contribution is 0.0937. The van der Waals surface area contributed by atoms with Gasteiger partial charge in [-0.2, -0.15) is 0 Å². The van der Waals surface area contributed by atoms with E-state index in [4.69, 9.17) is 4.74 Å². The van der Waals surface area contributed by atoms with Crippen LogP contribution in [0.2, 0.25) is 0 Å². The van der Waals surface area contributed by atoms with Gasteiger partial charge < -0.3 is 15.4 Å². The summed E-state index contributed by atoms with van der Waals surface area (Å²) >= 11 is 0. The Hall–Kier alpha value is -2.87. The first-order chi connectivity index (χ1) is 11.5. The summed E-state index contributed by atoms with van der Waals surface area (Å²) in [6, 6.07) is 5.73. The summed E-state index contributed by atoms with van der Waals surface area (Å²) in [6.07, 6.45) is 1.31. The van der Waals surface area contributed by atoms with Crippen molar-refractivity contribution in [1.82, 2.24) is 10.3 Å². The smallest absolute Gasteiger partial charge is 0.274 e. The number of amides is 2. The highest BCUT2D eigenvalue weighted by molar-refractivity contribution is 6.04. The summed E-state index contributed by atoms with van der Waals surface area (Å²) in [5.74, 6) is -3.11. The van der Waals surface area contributed by atoms with Gasteiger partial charge in [0, 0.05) is 37.2 Å². The number of anilines is 1. The fraction of sp³-hybridized carbons (Fsp3) is 0.188. The molecule has 1 aromatic heterocycles. The average Bonchev–Trinajstić information content (AvgIpc) is 2.58. The predicted octanol–water partition coefficient (Wildman–Crippen LogP) is 1.99. The monoisotopic (exact) mass is 335 g/mol. The number of aromatic nitrogens is 1. The van der Waals surface area contributed by atoms with Crippen molar-refractivity contribution in [3.8, 4) is 0 Å². The maximum Gasteiger partial charge on any atom is 0.274 e. The molecule has 2 amide bonds. The second-order valence-electron chi connectivity index (χ2n) is 4.76. The summed E-state index contributed by atoms with van der Waals surface area (Å²) < 4.78 is 30.8. The highest BCUT2D eigenvalue weighted by Gasteiger charge is 2.13. The Kier molecular flexibility index (Phi) is 5.91. The molecule has 0 spiro atoms. The molecule has 2 aromatic rings. The molecule has 1 aromatic carbocycles. The number of benzene rings is 1. The van der Waals surface area contributed by atoms with Gasteiger partial charge in [0.2, 0.25) is 0 Å². The lowest BCUT2D eigenvalue weighted by atomic mass is 10.2. The van der Waals surface area contributed by atoms with Crippen LogP contribution >= 0.6 is 0 Å². The van der Waals surface area contributed by atoms with Crippen molar-refractivity contribution < 1.29 is 23.1 Å². The Morgan fingerprint density at radius 1 is 1.12 bits per heavy atom. The third kappa shape index (κ3) is 4.56. The number of methoxy groups -OCH3 is 1. The number of nitrogens with one attached hydrogen (secondary N) is 2. The Morgan fingerprint density at radius 2 is 1.92 bits per heavy atom. The first kappa shape index (κ1) is 17.5. The average molecular weight is 335 g/mol. The van der Waals surface area contributed by atoms with Crippen molar-refractivity contribution in [2.45, 2.75) is 0 Å². The van der Waals surface area contributed by atoms with Crippen LogP contribution in [0.15, 0.2) is 36.5 Å². The molecule has 0 bridgehead atoms. The van der Waals surface area contributed by atoms with Gasteiger partial charge in [-0.1, -0.05) is 0 Å². The summed E-state index contributed by atoms with van der Waals surface area (Å²) in [7, 11) is 1.51. The van der Waals surface area contributed by atoms with E-state index in [1.807, 2.05) is 0 Å². The maximum absolute atomic E-state index is 13.1. The highest BCUT2D eigenvalue weighted by Crippen LogP contribution is 2.14. The second kappa shape index (κ2) is 8.11. The van der Waals surface area contributed by atoms with E-state index in [1.165, 1.54) is 31.5 Å². The van der Waals surface area contributed by atoms with Crippen molar-refractivity contribution in [3.63, 3.8) is 0 Å². The molecule has 0 unspecified atom stereocenters. The number of carbonyl (C=O) groups excluding carboxylic acids is 2. The van der Waals surface area contributed by atoms with Crippen LogP contribution in [0.25, 0.3) is 0 Å². The molecule has 0 aliphatic rings. The number of hydrogen-bond donors (Lipinski definition) is 2. The van der Waals surface area contributed by atoms with E-state index in [0.29, 0.717) is 13.2 Å². The van der Waals surface area contributed by atoms with E-state index < -0.39 is 17.5 Å². The molecule has 0 fully saturated rings. The topological polar surface area (TPSA) is 80.3 Å². The minimum absolute atomic E-state index is 0.0286. The number of hydrogen-bond acceptors (Lipinski definition) is 4. The molecule has 0 atom stereocenters. The number of rotatable bonds is 6. The third-order valence-corrected chi connectivity index (χ3v) is 3.02. The van der Waals surface area contributed by atoms with Crippen LogP contribution in [0.5, 0.6) is 0 Å². The molecule has 1 heterocycles. The van der Waals surface area contributed by atoms with Gasteiger partial charge in [-0.15, -0.1) is 0 Å². The molecule has 2 N–H and O–H groups in total. The van der Waals surface area contributed by atoms with E-state index in [9.17, 15) is 18.4 Å². The first-order valence-electron chi connectivity index (χ1n) is 7.01. The summed E-state index contributed by atoms with van der Waals surface area (Å²) in [5.41, 5.74) is 0.298. The van der Waals surface area contributed by atoms with Gasteiger partial charge >= 0.3 is 0 Å². The quantitative estimate of drug-likeness (QED) is 0.791. The molecule has 6 nitrogen and oxygen atoms in total. The van der Waals surface area contributed by atoms with Gasteiger partial charge in [0.15, 0.2) is 11.6 Å². The van der Waals surface area contributed by atoms with Gasteiger partial charge in [0.1, 0.15) is 5.69 Å². The summed E-state index contributed by atoms with van der Waals surface area (Å²) in [5, 5.41) is 5.00. The number of ether oxygens (including phenoxy) is 1. The molecule has 0 aliphatic carbocycles.